The second kappa shape index (κ2) is 7.77. The van der Waals surface area contributed by atoms with Gasteiger partial charge in [0.1, 0.15) is 5.03 Å². The van der Waals surface area contributed by atoms with Crippen molar-refractivity contribution >= 4 is 39.9 Å². The number of aromatic nitrogens is 2. The van der Waals surface area contributed by atoms with E-state index in [2.05, 4.69) is 4.98 Å². The highest BCUT2D eigenvalue weighted by Crippen LogP contribution is 2.30. The average molecular weight is 358 g/mol. The standard InChI is InChI=1S/C18H19N3OS2/c1-3-21(4-2)16(22)12-24-18-13-8-5-6-9-14(13)19-17(20-18)15-10-7-11-23-15/h5-11H,3-4,12H2,1-2H3. The van der Waals surface area contributed by atoms with Gasteiger partial charge < -0.3 is 4.90 Å². The van der Waals surface area contributed by atoms with Crippen molar-refractivity contribution in [2.75, 3.05) is 18.8 Å². The molecule has 0 bridgehead atoms. The summed E-state index contributed by atoms with van der Waals surface area (Å²) >= 11 is 3.11. The predicted octanol–water partition coefficient (Wildman–Crippen LogP) is 4.32. The summed E-state index contributed by atoms with van der Waals surface area (Å²) < 4.78 is 0. The number of nitrogens with zero attached hydrogens (tertiary/aromatic N) is 3. The third-order valence-corrected chi connectivity index (χ3v) is 5.60. The van der Waals surface area contributed by atoms with Gasteiger partial charge in [0.2, 0.25) is 5.91 Å². The summed E-state index contributed by atoms with van der Waals surface area (Å²) in [7, 11) is 0. The first-order chi connectivity index (χ1) is 11.7. The van der Waals surface area contributed by atoms with Crippen LogP contribution in [0.3, 0.4) is 0 Å². The van der Waals surface area contributed by atoms with Crippen molar-refractivity contribution in [3.63, 3.8) is 0 Å². The van der Waals surface area contributed by atoms with Gasteiger partial charge in [-0.25, -0.2) is 9.97 Å². The summed E-state index contributed by atoms with van der Waals surface area (Å²) in [6.45, 7) is 5.48. The Morgan fingerprint density at radius 3 is 2.62 bits per heavy atom. The smallest absolute Gasteiger partial charge is 0.232 e. The molecule has 6 heteroatoms. The van der Waals surface area contributed by atoms with Gasteiger partial charge >= 0.3 is 0 Å². The number of para-hydroxylation sites is 1. The molecule has 24 heavy (non-hydrogen) atoms. The number of amides is 1. The monoisotopic (exact) mass is 357 g/mol. The molecular formula is C18H19N3OS2. The van der Waals surface area contributed by atoms with Gasteiger partial charge in [-0.05, 0) is 31.4 Å². The van der Waals surface area contributed by atoms with E-state index in [0.29, 0.717) is 5.75 Å². The zero-order chi connectivity index (χ0) is 16.9. The first-order valence-electron chi connectivity index (χ1n) is 7.94. The summed E-state index contributed by atoms with van der Waals surface area (Å²) in [5, 5.41) is 3.88. The maximum Gasteiger partial charge on any atom is 0.232 e. The van der Waals surface area contributed by atoms with Crippen LogP contribution in [0.25, 0.3) is 21.6 Å². The van der Waals surface area contributed by atoms with Crippen LogP contribution in [-0.2, 0) is 4.79 Å². The van der Waals surface area contributed by atoms with Gasteiger partial charge in [-0.2, -0.15) is 0 Å². The van der Waals surface area contributed by atoms with E-state index in [9.17, 15) is 4.79 Å². The van der Waals surface area contributed by atoms with Crippen LogP contribution >= 0.6 is 23.1 Å². The van der Waals surface area contributed by atoms with Gasteiger partial charge in [0.05, 0.1) is 16.1 Å². The summed E-state index contributed by atoms with van der Waals surface area (Å²) in [5.74, 6) is 1.26. The Hall–Kier alpha value is -1.92. The molecule has 124 valence electrons. The molecule has 0 aliphatic rings. The number of thiophene rings is 1. The molecule has 0 aliphatic carbocycles. The van der Waals surface area contributed by atoms with E-state index in [1.165, 1.54) is 11.8 Å². The molecule has 0 atom stereocenters. The third-order valence-electron chi connectivity index (χ3n) is 3.76. The first kappa shape index (κ1) is 16.9. The van der Waals surface area contributed by atoms with Gasteiger partial charge in [-0.15, -0.1) is 11.3 Å². The Morgan fingerprint density at radius 2 is 1.92 bits per heavy atom. The molecule has 1 aromatic carbocycles. The minimum atomic E-state index is 0.144. The second-order valence-corrected chi connectivity index (χ2v) is 7.11. The third kappa shape index (κ3) is 3.60. The Morgan fingerprint density at radius 1 is 1.12 bits per heavy atom. The topological polar surface area (TPSA) is 46.1 Å². The molecule has 0 N–H and O–H groups in total. The number of benzene rings is 1. The Labute approximate surface area is 149 Å². The molecular weight excluding hydrogens is 338 g/mol. The summed E-state index contributed by atoms with van der Waals surface area (Å²) in [4.78, 5) is 24.6. The molecule has 0 saturated carbocycles. The molecule has 2 heterocycles. The lowest BCUT2D eigenvalue weighted by Crippen LogP contribution is -2.31. The number of hydrogen-bond donors (Lipinski definition) is 0. The molecule has 1 amide bonds. The number of carbonyl (C=O) groups is 1. The maximum atomic E-state index is 12.3. The van der Waals surface area contributed by atoms with E-state index in [0.717, 1.165) is 39.7 Å². The average Bonchev–Trinajstić information content (AvgIpc) is 3.15. The van der Waals surface area contributed by atoms with Crippen molar-refractivity contribution in [2.45, 2.75) is 18.9 Å². The molecule has 0 aliphatic heterocycles. The van der Waals surface area contributed by atoms with Crippen molar-refractivity contribution in [1.29, 1.82) is 0 Å². The van der Waals surface area contributed by atoms with Crippen LogP contribution in [0.2, 0.25) is 0 Å². The van der Waals surface area contributed by atoms with Gasteiger partial charge in [-0.3, -0.25) is 4.79 Å². The summed E-state index contributed by atoms with van der Waals surface area (Å²) in [6.07, 6.45) is 0. The minimum absolute atomic E-state index is 0.144. The molecule has 0 spiro atoms. The van der Waals surface area contributed by atoms with Crippen molar-refractivity contribution in [3.8, 4) is 10.7 Å². The fourth-order valence-electron chi connectivity index (χ4n) is 2.47. The number of carbonyl (C=O) groups excluding carboxylic acids is 1. The zero-order valence-corrected chi connectivity index (χ0v) is 15.4. The lowest BCUT2D eigenvalue weighted by atomic mass is 10.2. The Bertz CT molecular complexity index is 829. The SMILES string of the molecule is CCN(CC)C(=O)CSc1nc(-c2cccs2)nc2ccccc12. The quantitative estimate of drug-likeness (QED) is 0.487. The van der Waals surface area contributed by atoms with Gasteiger partial charge in [-0.1, -0.05) is 36.0 Å². The number of fused-ring (bicyclic) bond motifs is 1. The first-order valence-corrected chi connectivity index (χ1v) is 9.80. The van der Waals surface area contributed by atoms with Gasteiger partial charge in [0.25, 0.3) is 0 Å². The molecule has 2 aromatic heterocycles. The number of hydrogen-bond acceptors (Lipinski definition) is 5. The van der Waals surface area contributed by atoms with E-state index >= 15 is 0 Å². The van der Waals surface area contributed by atoms with Crippen LogP contribution in [0, 0.1) is 0 Å². The van der Waals surface area contributed by atoms with E-state index in [-0.39, 0.29) is 5.91 Å². The molecule has 4 nitrogen and oxygen atoms in total. The minimum Gasteiger partial charge on any atom is -0.343 e. The lowest BCUT2D eigenvalue weighted by molar-refractivity contribution is -0.127. The van der Waals surface area contributed by atoms with Gasteiger partial charge in [0.15, 0.2) is 5.82 Å². The van der Waals surface area contributed by atoms with Crippen molar-refractivity contribution in [2.24, 2.45) is 0 Å². The zero-order valence-electron chi connectivity index (χ0n) is 13.7. The van der Waals surface area contributed by atoms with Crippen LogP contribution < -0.4 is 0 Å². The molecule has 3 aromatic rings. The fraction of sp³-hybridized carbons (Fsp3) is 0.278. The Kier molecular flexibility index (Phi) is 5.48. The van der Waals surface area contributed by atoms with Crippen LogP contribution in [0.15, 0.2) is 46.8 Å². The van der Waals surface area contributed by atoms with E-state index < -0.39 is 0 Å². The Balaban J connectivity index is 1.92. The highest BCUT2D eigenvalue weighted by molar-refractivity contribution is 8.00. The number of thioether (sulfide) groups is 1. The number of rotatable bonds is 6. The van der Waals surface area contributed by atoms with Crippen LogP contribution in [0.4, 0.5) is 0 Å². The largest absolute Gasteiger partial charge is 0.343 e. The van der Waals surface area contributed by atoms with Crippen molar-refractivity contribution in [1.82, 2.24) is 14.9 Å². The van der Waals surface area contributed by atoms with Crippen LogP contribution in [0.5, 0.6) is 0 Å². The fourth-order valence-corrected chi connectivity index (χ4v) is 4.05. The molecule has 0 saturated heterocycles. The normalized spacial score (nSPS) is 10.9. The van der Waals surface area contributed by atoms with E-state index in [1.807, 2.05) is 60.5 Å². The molecule has 0 radical (unpaired) electrons. The van der Waals surface area contributed by atoms with Crippen LogP contribution in [0.1, 0.15) is 13.8 Å². The molecule has 3 rings (SSSR count). The second-order valence-electron chi connectivity index (χ2n) is 5.20. The molecule has 0 fully saturated rings. The highest BCUT2D eigenvalue weighted by Gasteiger charge is 2.14. The molecule has 0 unspecified atom stereocenters. The predicted molar refractivity (Wildman–Crippen MR) is 102 cm³/mol. The maximum absolute atomic E-state index is 12.3. The van der Waals surface area contributed by atoms with E-state index in [1.54, 1.807) is 11.3 Å². The van der Waals surface area contributed by atoms with E-state index in [4.69, 9.17) is 4.98 Å². The summed E-state index contributed by atoms with van der Waals surface area (Å²) in [6, 6.07) is 12.0. The van der Waals surface area contributed by atoms with Crippen molar-refractivity contribution < 1.29 is 4.79 Å². The van der Waals surface area contributed by atoms with Crippen molar-refractivity contribution in [3.05, 3.63) is 41.8 Å². The van der Waals surface area contributed by atoms with Crippen LogP contribution in [-0.4, -0.2) is 39.6 Å². The lowest BCUT2D eigenvalue weighted by Gasteiger charge is -2.18. The van der Waals surface area contributed by atoms with Gasteiger partial charge in [0, 0.05) is 18.5 Å². The summed E-state index contributed by atoms with van der Waals surface area (Å²) in [5.41, 5.74) is 0.911. The highest BCUT2D eigenvalue weighted by atomic mass is 32.2.